The average molecular weight is 397 g/mol. The lowest BCUT2D eigenvalue weighted by atomic mass is 10.0. The van der Waals surface area contributed by atoms with E-state index in [0.717, 1.165) is 0 Å². The zero-order valence-electron chi connectivity index (χ0n) is 16.2. The fourth-order valence-electron chi connectivity index (χ4n) is 2.96. The maximum atomic E-state index is 13.2. The average Bonchev–Trinajstić information content (AvgIpc) is 2.64. The zero-order valence-corrected chi connectivity index (χ0v) is 17.0. The van der Waals surface area contributed by atoms with E-state index in [9.17, 15) is 13.5 Å². The number of methoxy groups -OCH3 is 1. The zero-order chi connectivity index (χ0) is 20.0. The number of rotatable bonds is 5. The van der Waals surface area contributed by atoms with Crippen molar-refractivity contribution in [3.05, 3.63) is 23.8 Å². The van der Waals surface area contributed by atoms with Crippen LogP contribution >= 0.6 is 0 Å². The smallest absolute Gasteiger partial charge is 0.247 e. The quantitative estimate of drug-likeness (QED) is 0.712. The summed E-state index contributed by atoms with van der Waals surface area (Å²) in [5.41, 5.74) is 0.652. The number of nitrogens with zero attached hydrogens (tertiary/aromatic N) is 1. The van der Waals surface area contributed by atoms with E-state index in [2.05, 4.69) is 17.2 Å². The number of hydrogen-bond donors (Lipinski definition) is 2. The van der Waals surface area contributed by atoms with E-state index in [4.69, 9.17) is 9.47 Å². The molecule has 0 fully saturated rings. The van der Waals surface area contributed by atoms with Crippen LogP contribution in [0.3, 0.4) is 0 Å². The Kier molecular flexibility index (Phi) is 7.65. The van der Waals surface area contributed by atoms with Crippen molar-refractivity contribution in [1.82, 2.24) is 9.62 Å². The number of benzene rings is 1. The predicted octanol–water partition coefficient (Wildman–Crippen LogP) is 0.673. The molecule has 0 amide bonds. The highest BCUT2D eigenvalue weighted by Gasteiger charge is 2.37. The second-order valence-corrected chi connectivity index (χ2v) is 8.55. The van der Waals surface area contributed by atoms with Crippen molar-refractivity contribution in [2.45, 2.75) is 30.9 Å². The molecular weight excluding hydrogens is 368 g/mol. The third-order valence-electron chi connectivity index (χ3n) is 4.52. The molecule has 27 heavy (non-hydrogen) atoms. The van der Waals surface area contributed by atoms with Gasteiger partial charge in [-0.05, 0) is 32.2 Å². The molecule has 0 aliphatic carbocycles. The predicted molar refractivity (Wildman–Crippen MR) is 103 cm³/mol. The third kappa shape index (κ3) is 5.00. The van der Waals surface area contributed by atoms with Gasteiger partial charge in [0.2, 0.25) is 10.0 Å². The second kappa shape index (κ2) is 9.53. The number of aliphatic hydroxyl groups is 1. The summed E-state index contributed by atoms with van der Waals surface area (Å²) in [6.07, 6.45) is -0.222. The van der Waals surface area contributed by atoms with Crippen molar-refractivity contribution in [2.24, 2.45) is 5.92 Å². The molecule has 1 aliphatic heterocycles. The summed E-state index contributed by atoms with van der Waals surface area (Å²) in [4.78, 5) is 0.0908. The highest BCUT2D eigenvalue weighted by atomic mass is 32.2. The van der Waals surface area contributed by atoms with Crippen molar-refractivity contribution in [3.8, 4) is 17.6 Å². The Morgan fingerprint density at radius 3 is 2.85 bits per heavy atom. The number of nitrogens with one attached hydrogen (secondary N) is 1. The van der Waals surface area contributed by atoms with Gasteiger partial charge in [0.1, 0.15) is 23.4 Å². The van der Waals surface area contributed by atoms with Crippen LogP contribution in [0.2, 0.25) is 0 Å². The molecule has 1 aromatic carbocycles. The Labute approximate surface area is 161 Å². The van der Waals surface area contributed by atoms with E-state index in [1.165, 1.54) is 10.4 Å². The summed E-state index contributed by atoms with van der Waals surface area (Å²) >= 11 is 0. The molecule has 0 spiro atoms. The summed E-state index contributed by atoms with van der Waals surface area (Å²) in [5.74, 6) is 6.01. The minimum Gasteiger partial charge on any atom is -0.487 e. The molecule has 3 atom stereocenters. The number of ether oxygens (including phenoxy) is 2. The van der Waals surface area contributed by atoms with Gasteiger partial charge in [0.25, 0.3) is 0 Å². The second-order valence-electron chi connectivity index (χ2n) is 6.69. The minimum atomic E-state index is -3.81. The fraction of sp³-hybridized carbons (Fsp3) is 0.579. The first-order valence-corrected chi connectivity index (χ1v) is 10.3. The van der Waals surface area contributed by atoms with E-state index in [0.29, 0.717) is 12.1 Å². The Morgan fingerprint density at radius 1 is 1.48 bits per heavy atom. The molecule has 2 rings (SSSR count). The number of sulfonamides is 1. The molecular formula is C19H28N2O5S. The van der Waals surface area contributed by atoms with Gasteiger partial charge in [0.15, 0.2) is 0 Å². The number of fused-ring (bicyclic) bond motifs is 1. The largest absolute Gasteiger partial charge is 0.487 e. The lowest BCUT2D eigenvalue weighted by Crippen LogP contribution is -2.49. The van der Waals surface area contributed by atoms with Crippen LogP contribution in [0, 0.1) is 17.8 Å². The fourth-order valence-corrected chi connectivity index (χ4v) is 4.78. The van der Waals surface area contributed by atoms with Crippen LogP contribution in [0.15, 0.2) is 23.1 Å². The minimum absolute atomic E-state index is 0.0717. The van der Waals surface area contributed by atoms with Gasteiger partial charge in [0, 0.05) is 37.7 Å². The number of hydrogen-bond acceptors (Lipinski definition) is 6. The molecule has 1 aromatic rings. The maximum absolute atomic E-state index is 13.2. The van der Waals surface area contributed by atoms with Crippen molar-refractivity contribution < 1.29 is 23.0 Å². The van der Waals surface area contributed by atoms with Crippen molar-refractivity contribution in [3.63, 3.8) is 0 Å². The molecule has 8 heteroatoms. The Balaban J connectivity index is 2.56. The lowest BCUT2D eigenvalue weighted by Gasteiger charge is -2.36. The van der Waals surface area contributed by atoms with Crippen molar-refractivity contribution >= 4 is 10.0 Å². The van der Waals surface area contributed by atoms with E-state index in [1.54, 1.807) is 26.2 Å². The summed E-state index contributed by atoms with van der Waals surface area (Å²) in [6, 6.07) is 4.30. The Morgan fingerprint density at radius 2 is 2.22 bits per heavy atom. The highest BCUT2D eigenvalue weighted by Crippen LogP contribution is 2.33. The van der Waals surface area contributed by atoms with Crippen LogP contribution < -0.4 is 10.1 Å². The van der Waals surface area contributed by atoms with Gasteiger partial charge < -0.3 is 19.9 Å². The van der Waals surface area contributed by atoms with Crippen LogP contribution in [0.4, 0.5) is 0 Å². The number of likely N-dealkylation sites (N-methyl/N-ethyl adjacent to an activating group) is 1. The van der Waals surface area contributed by atoms with Crippen LogP contribution in [0.25, 0.3) is 0 Å². The van der Waals surface area contributed by atoms with Gasteiger partial charge in [0.05, 0.1) is 6.61 Å². The summed E-state index contributed by atoms with van der Waals surface area (Å²) in [6.45, 7) is 4.52. The summed E-state index contributed by atoms with van der Waals surface area (Å²) in [7, 11) is -0.424. The summed E-state index contributed by atoms with van der Waals surface area (Å²) in [5, 5.41) is 12.7. The van der Waals surface area contributed by atoms with Gasteiger partial charge in [-0.1, -0.05) is 18.8 Å². The Hall–Kier alpha value is -1.63. The molecule has 0 radical (unpaired) electrons. The van der Waals surface area contributed by atoms with Crippen LogP contribution in [-0.4, -0.2) is 70.4 Å². The first kappa shape index (κ1) is 21.7. The molecule has 0 bridgehead atoms. The molecule has 0 saturated carbocycles. The van der Waals surface area contributed by atoms with Crippen LogP contribution in [0.5, 0.6) is 5.75 Å². The first-order chi connectivity index (χ1) is 12.8. The van der Waals surface area contributed by atoms with Crippen molar-refractivity contribution in [1.29, 1.82) is 0 Å². The normalized spacial score (nSPS) is 23.1. The topological polar surface area (TPSA) is 88.1 Å². The third-order valence-corrected chi connectivity index (χ3v) is 6.54. The van der Waals surface area contributed by atoms with Crippen molar-refractivity contribution in [2.75, 3.05) is 40.5 Å². The molecule has 0 unspecified atom stereocenters. The van der Waals surface area contributed by atoms with Gasteiger partial charge in [-0.15, -0.1) is 0 Å². The van der Waals surface area contributed by atoms with Gasteiger partial charge in [-0.3, -0.25) is 0 Å². The standard InChI is InChI=1S/C19H28N2O5S/c1-14-12-21(15(2)13-22)27(23,24)19-8-7-16(6-5-9-25-4)10-17(19)26-18(14)11-20-3/h7-8,10,14-15,18,20,22H,9,11-13H2,1-4H3/t14-,15+,18-/m1/s1. The van der Waals surface area contributed by atoms with Crippen LogP contribution in [0.1, 0.15) is 19.4 Å². The molecule has 0 saturated heterocycles. The number of aliphatic hydroxyl groups excluding tert-OH is 1. The van der Waals surface area contributed by atoms with Gasteiger partial charge in [-0.25, -0.2) is 8.42 Å². The SMILES string of the molecule is CNC[C@H]1Oc2cc(C#CCOC)ccc2S(=O)(=O)N([C@@H](C)CO)C[C@H]1C. The highest BCUT2D eigenvalue weighted by molar-refractivity contribution is 7.89. The molecule has 1 aliphatic rings. The lowest BCUT2D eigenvalue weighted by molar-refractivity contribution is 0.103. The Bertz CT molecular complexity index is 800. The summed E-state index contributed by atoms with van der Waals surface area (Å²) < 4.78 is 38.8. The molecule has 0 aromatic heterocycles. The molecule has 7 nitrogen and oxygen atoms in total. The maximum Gasteiger partial charge on any atom is 0.247 e. The molecule has 2 N–H and O–H groups in total. The van der Waals surface area contributed by atoms with E-state index in [-0.39, 0.29) is 42.4 Å². The van der Waals surface area contributed by atoms with Gasteiger partial charge >= 0.3 is 0 Å². The monoisotopic (exact) mass is 396 g/mol. The molecule has 150 valence electrons. The van der Waals surface area contributed by atoms with E-state index in [1.807, 2.05) is 14.0 Å². The first-order valence-electron chi connectivity index (χ1n) is 8.91. The van der Waals surface area contributed by atoms with Crippen LogP contribution in [-0.2, 0) is 14.8 Å². The van der Waals surface area contributed by atoms with E-state index >= 15 is 0 Å². The van der Waals surface area contributed by atoms with Gasteiger partial charge in [-0.2, -0.15) is 4.31 Å². The van der Waals surface area contributed by atoms with E-state index < -0.39 is 16.1 Å². The molecule has 1 heterocycles.